The van der Waals surface area contributed by atoms with Gasteiger partial charge in [-0.15, -0.1) is 0 Å². The van der Waals surface area contributed by atoms with Crippen LogP contribution in [0.5, 0.6) is 5.88 Å². The molecule has 0 spiro atoms. The van der Waals surface area contributed by atoms with Crippen molar-refractivity contribution in [2.75, 3.05) is 11.8 Å². The summed E-state index contributed by atoms with van der Waals surface area (Å²) in [7, 11) is -3.37. The van der Waals surface area contributed by atoms with E-state index in [4.69, 9.17) is 28.0 Å². The maximum Gasteiger partial charge on any atom is 0.417 e. The fourth-order valence-electron chi connectivity index (χ4n) is 2.69. The predicted molar refractivity (Wildman–Crippen MR) is 115 cm³/mol. The Bertz CT molecular complexity index is 1330. The Morgan fingerprint density at radius 3 is 2.55 bits per heavy atom. The first kappa shape index (κ1) is 24.6. The molecule has 8 nitrogen and oxygen atoms in total. The second-order valence-electron chi connectivity index (χ2n) is 6.29. The molecule has 0 radical (unpaired) electrons. The highest BCUT2D eigenvalue weighted by Crippen LogP contribution is 2.36. The number of nitrogens with one attached hydrogen (secondary N) is 1. The van der Waals surface area contributed by atoms with Crippen LogP contribution in [-0.2, 0) is 21.0 Å². The zero-order chi connectivity index (χ0) is 24.4. The van der Waals surface area contributed by atoms with Gasteiger partial charge in [0.1, 0.15) is 18.5 Å². The molecule has 33 heavy (non-hydrogen) atoms. The lowest BCUT2D eigenvalue weighted by molar-refractivity contribution is -0.137. The molecule has 0 amide bonds. The van der Waals surface area contributed by atoms with Gasteiger partial charge in [-0.3, -0.25) is 9.71 Å². The second kappa shape index (κ2) is 9.41. The van der Waals surface area contributed by atoms with E-state index in [1.807, 2.05) is 0 Å². The average Bonchev–Trinajstić information content (AvgIpc) is 2.72. The summed E-state index contributed by atoms with van der Waals surface area (Å²) < 4.78 is 67.5. The summed E-state index contributed by atoms with van der Waals surface area (Å²) in [5, 5.41) is 13.2. The molecule has 2 aromatic heterocycles. The number of sulfonamides is 1. The van der Waals surface area contributed by atoms with Crippen LogP contribution in [-0.4, -0.2) is 36.3 Å². The number of benzene rings is 1. The van der Waals surface area contributed by atoms with Crippen LogP contribution in [0, 0.1) is 0 Å². The number of rotatable bonds is 6. The number of anilines is 1. The molecule has 0 aliphatic carbocycles. The van der Waals surface area contributed by atoms with Crippen LogP contribution in [0.4, 0.5) is 18.9 Å². The van der Waals surface area contributed by atoms with Crippen LogP contribution in [0.3, 0.4) is 0 Å². The summed E-state index contributed by atoms with van der Waals surface area (Å²) in [5.74, 6) is -0.452. The smallest absolute Gasteiger partial charge is 0.417 e. The van der Waals surface area contributed by atoms with Crippen LogP contribution >= 0.6 is 23.2 Å². The first-order chi connectivity index (χ1) is 15.4. The normalized spacial score (nSPS) is 12.5. The number of hydrogen-bond acceptors (Lipinski definition) is 7. The Morgan fingerprint density at radius 1 is 1.18 bits per heavy atom. The van der Waals surface area contributed by atoms with Gasteiger partial charge in [-0.2, -0.15) is 13.2 Å². The first-order valence-electron chi connectivity index (χ1n) is 8.75. The van der Waals surface area contributed by atoms with Crippen molar-refractivity contribution in [3.8, 4) is 5.88 Å². The van der Waals surface area contributed by atoms with Crippen molar-refractivity contribution >= 4 is 44.6 Å². The fraction of sp³-hybridized carbons (Fsp3) is 0.105. The van der Waals surface area contributed by atoms with Gasteiger partial charge < -0.3 is 9.94 Å². The quantitative estimate of drug-likeness (QED) is 0.359. The Labute approximate surface area is 195 Å². The van der Waals surface area contributed by atoms with Gasteiger partial charge in [0.2, 0.25) is 5.88 Å². The number of alkyl halides is 3. The van der Waals surface area contributed by atoms with Gasteiger partial charge in [0.15, 0.2) is 0 Å². The molecule has 3 aromatic rings. The number of hydrogen-bond donors (Lipinski definition) is 2. The number of nitrogens with zero attached hydrogens (tertiary/aromatic N) is 3. The molecule has 0 unspecified atom stereocenters. The average molecular weight is 521 g/mol. The third-order valence-electron chi connectivity index (χ3n) is 4.10. The summed E-state index contributed by atoms with van der Waals surface area (Å²) in [5.41, 5.74) is -1.79. The van der Waals surface area contributed by atoms with Crippen LogP contribution in [0.2, 0.25) is 10.0 Å². The summed E-state index contributed by atoms with van der Waals surface area (Å²) in [6.07, 6.45) is -2.39. The zero-order valence-electron chi connectivity index (χ0n) is 16.4. The summed E-state index contributed by atoms with van der Waals surface area (Å²) >= 11 is 11.5. The number of aromatic nitrogens is 2. The molecular formula is C19H13Cl2F3N4O4S. The van der Waals surface area contributed by atoms with Crippen LogP contribution < -0.4 is 4.72 Å². The van der Waals surface area contributed by atoms with Crippen molar-refractivity contribution in [1.29, 1.82) is 0 Å². The minimum absolute atomic E-state index is 0.00992. The summed E-state index contributed by atoms with van der Waals surface area (Å²) in [6, 6.07) is 6.20. The molecule has 0 aliphatic rings. The maximum absolute atomic E-state index is 13.2. The molecule has 0 atom stereocenters. The monoisotopic (exact) mass is 520 g/mol. The third kappa shape index (κ3) is 5.46. The molecule has 0 saturated carbocycles. The largest absolute Gasteiger partial charge is 0.493 e. The highest BCUT2D eigenvalue weighted by atomic mass is 35.5. The standard InChI is InChI=1S/C19H13Cl2F3N4O4S/c1-32-27-16(12-3-2-6-25-18(12)29)17-15(7-10(20)9-26-17)28-33(30,31)11-4-5-14(21)13(8-11)19(22,23)24/h2-9,28H,1H3,(H,25,29)/b27-16+. The van der Waals surface area contributed by atoms with E-state index in [9.17, 15) is 26.7 Å². The van der Waals surface area contributed by atoms with Crippen molar-refractivity contribution in [1.82, 2.24) is 9.97 Å². The number of oxime groups is 1. The van der Waals surface area contributed by atoms with Crippen LogP contribution in [0.25, 0.3) is 0 Å². The highest BCUT2D eigenvalue weighted by molar-refractivity contribution is 7.92. The molecular weight excluding hydrogens is 508 g/mol. The van der Waals surface area contributed by atoms with E-state index < -0.39 is 37.6 Å². The molecule has 14 heteroatoms. The van der Waals surface area contributed by atoms with Gasteiger partial charge in [-0.1, -0.05) is 28.4 Å². The molecule has 0 aliphatic heterocycles. The van der Waals surface area contributed by atoms with Crippen molar-refractivity contribution in [3.63, 3.8) is 0 Å². The van der Waals surface area contributed by atoms with Crippen LogP contribution in [0.15, 0.2) is 58.8 Å². The Hall–Kier alpha value is -3.09. The van der Waals surface area contributed by atoms with Crippen molar-refractivity contribution in [2.45, 2.75) is 11.1 Å². The van der Waals surface area contributed by atoms with Gasteiger partial charge in [-0.05, 0) is 36.4 Å². The molecule has 2 heterocycles. The van der Waals surface area contributed by atoms with E-state index in [-0.39, 0.29) is 27.7 Å². The molecule has 1 aromatic carbocycles. The van der Waals surface area contributed by atoms with Gasteiger partial charge in [0, 0.05) is 12.4 Å². The van der Waals surface area contributed by atoms with E-state index in [0.717, 1.165) is 12.1 Å². The molecule has 174 valence electrons. The third-order valence-corrected chi connectivity index (χ3v) is 6.00. The Morgan fingerprint density at radius 2 is 1.91 bits per heavy atom. The summed E-state index contributed by atoms with van der Waals surface area (Å²) in [6.45, 7) is 0. The van der Waals surface area contributed by atoms with E-state index in [0.29, 0.717) is 6.07 Å². The van der Waals surface area contributed by atoms with E-state index in [1.165, 1.54) is 37.7 Å². The number of pyridine rings is 2. The molecule has 0 saturated heterocycles. The fourth-order valence-corrected chi connectivity index (χ4v) is 4.16. The predicted octanol–water partition coefficient (Wildman–Crippen LogP) is 4.71. The second-order valence-corrected chi connectivity index (χ2v) is 8.82. The van der Waals surface area contributed by atoms with Gasteiger partial charge in [-0.25, -0.2) is 13.4 Å². The first-order valence-corrected chi connectivity index (χ1v) is 11.0. The maximum atomic E-state index is 13.2. The van der Waals surface area contributed by atoms with Crippen molar-refractivity contribution in [2.24, 2.45) is 5.16 Å². The van der Waals surface area contributed by atoms with E-state index in [1.54, 1.807) is 0 Å². The Kier molecular flexibility index (Phi) is 7.00. The highest BCUT2D eigenvalue weighted by Gasteiger charge is 2.34. The Balaban J connectivity index is 2.13. The van der Waals surface area contributed by atoms with E-state index >= 15 is 0 Å². The van der Waals surface area contributed by atoms with Gasteiger partial charge in [0.25, 0.3) is 10.0 Å². The summed E-state index contributed by atoms with van der Waals surface area (Å²) in [4.78, 5) is 11.9. The molecule has 2 N–H and O–H groups in total. The van der Waals surface area contributed by atoms with Crippen molar-refractivity contribution in [3.05, 3.63) is 75.7 Å². The zero-order valence-corrected chi connectivity index (χ0v) is 18.8. The SMILES string of the molecule is CO/N=C(\c1cccnc1O)c1ncc(Cl)cc1NS(=O)(=O)c1ccc(Cl)c(C(F)(F)F)c1. The lowest BCUT2D eigenvalue weighted by atomic mass is 10.1. The lowest BCUT2D eigenvalue weighted by Crippen LogP contribution is -2.18. The lowest BCUT2D eigenvalue weighted by Gasteiger charge is -2.15. The van der Waals surface area contributed by atoms with E-state index in [2.05, 4.69) is 19.8 Å². The minimum Gasteiger partial charge on any atom is -0.493 e. The topological polar surface area (TPSA) is 114 Å². The van der Waals surface area contributed by atoms with Crippen LogP contribution in [0.1, 0.15) is 16.8 Å². The minimum atomic E-state index is -4.87. The number of aromatic hydroxyl groups is 1. The molecule has 0 bridgehead atoms. The van der Waals surface area contributed by atoms with Gasteiger partial charge >= 0.3 is 6.18 Å². The van der Waals surface area contributed by atoms with Crippen molar-refractivity contribution < 1.29 is 31.5 Å². The number of halogens is 5. The van der Waals surface area contributed by atoms with Gasteiger partial charge in [0.05, 0.1) is 31.8 Å². The molecule has 3 rings (SSSR count). The molecule has 0 fully saturated rings.